The molecule has 200 valence electrons. The first kappa shape index (κ1) is 27.3. The summed E-state index contributed by atoms with van der Waals surface area (Å²) in [4.78, 5) is 27.3. The predicted molar refractivity (Wildman–Crippen MR) is 135 cm³/mol. The van der Waals surface area contributed by atoms with Crippen molar-refractivity contribution in [2.45, 2.75) is 51.9 Å². The molecule has 12 heteroatoms. The van der Waals surface area contributed by atoms with Crippen LogP contribution in [0.3, 0.4) is 0 Å². The van der Waals surface area contributed by atoms with Crippen molar-refractivity contribution in [3.8, 4) is 23.5 Å². The number of nitriles is 2. The minimum atomic E-state index is -4.60. The smallest absolute Gasteiger partial charge is 0.416 e. The molecule has 0 saturated heterocycles. The van der Waals surface area contributed by atoms with Crippen LogP contribution in [0.4, 0.5) is 29.6 Å². The van der Waals surface area contributed by atoms with Crippen molar-refractivity contribution in [1.82, 2.24) is 15.0 Å². The lowest BCUT2D eigenvalue weighted by Gasteiger charge is -2.40. The van der Waals surface area contributed by atoms with Gasteiger partial charge in [-0.15, -0.1) is 0 Å². The van der Waals surface area contributed by atoms with Gasteiger partial charge in [0.15, 0.2) is 0 Å². The number of nitrogens with one attached hydrogen (secondary N) is 1. The summed E-state index contributed by atoms with van der Waals surface area (Å²) in [5, 5.41) is 22.1. The monoisotopic (exact) mass is 535 g/mol. The number of anilines is 2. The van der Waals surface area contributed by atoms with Gasteiger partial charge in [-0.25, -0.2) is 19.7 Å². The van der Waals surface area contributed by atoms with Crippen molar-refractivity contribution in [2.75, 3.05) is 16.8 Å². The Morgan fingerprint density at radius 3 is 2.56 bits per heavy atom. The number of carbonyl (C=O) groups is 1. The number of ether oxygens (including phenoxy) is 1. The first-order valence-electron chi connectivity index (χ1n) is 12.2. The number of pyridine rings is 1. The molecular weight excluding hydrogens is 511 g/mol. The molecule has 0 bridgehead atoms. The second-order valence-electron chi connectivity index (χ2n) is 8.82. The van der Waals surface area contributed by atoms with Crippen LogP contribution in [0.1, 0.15) is 60.8 Å². The average molecular weight is 536 g/mol. The third kappa shape index (κ3) is 5.46. The number of hydrogen-bond donors (Lipinski definition) is 1. The zero-order valence-electron chi connectivity index (χ0n) is 21.4. The first-order chi connectivity index (χ1) is 18.6. The third-order valence-electron chi connectivity index (χ3n) is 6.41. The molecule has 1 aliphatic rings. The third-order valence-corrected chi connectivity index (χ3v) is 6.41. The summed E-state index contributed by atoms with van der Waals surface area (Å²) in [6.45, 7) is 5.25. The van der Waals surface area contributed by atoms with Crippen LogP contribution in [0, 0.1) is 29.6 Å². The van der Waals surface area contributed by atoms with E-state index < -0.39 is 23.9 Å². The number of aryl methyl sites for hydroxylation is 1. The maximum atomic E-state index is 13.7. The summed E-state index contributed by atoms with van der Waals surface area (Å²) in [7, 11) is 0. The Morgan fingerprint density at radius 1 is 1.15 bits per heavy atom. The molecule has 0 unspecified atom stereocenters. The fourth-order valence-electron chi connectivity index (χ4n) is 4.60. The highest BCUT2D eigenvalue weighted by Gasteiger charge is 2.39. The number of nitrogens with zero attached hydrogens (tertiary/aromatic N) is 6. The van der Waals surface area contributed by atoms with Crippen molar-refractivity contribution < 1.29 is 22.7 Å². The highest BCUT2D eigenvalue weighted by Crippen LogP contribution is 2.43. The minimum Gasteiger partial charge on any atom is -0.449 e. The van der Waals surface area contributed by atoms with Crippen LogP contribution in [0.2, 0.25) is 0 Å². The molecule has 1 amide bonds. The van der Waals surface area contributed by atoms with Crippen LogP contribution >= 0.6 is 0 Å². The molecule has 0 fully saturated rings. The summed E-state index contributed by atoms with van der Waals surface area (Å²) >= 11 is 0. The standard InChI is InChI=1S/C27H24F3N7O2/c1-4-18-12-22(19-11-16(27(28,29)30)9-10-23(19)37(18)26(38)39-5-2)35-25-33-15(3)20(14-32)24(36-25)21-8-6-7-17(13-31)34-21/h6-11,18,22H,4-5,12H2,1-3H3,(H,33,35,36)/t18-,22+/m1/s1. The fourth-order valence-corrected chi connectivity index (χ4v) is 4.60. The molecule has 4 rings (SSSR count). The van der Waals surface area contributed by atoms with Crippen molar-refractivity contribution in [1.29, 1.82) is 10.5 Å². The molecule has 2 atom stereocenters. The molecule has 39 heavy (non-hydrogen) atoms. The molecule has 9 nitrogen and oxygen atoms in total. The van der Waals surface area contributed by atoms with Gasteiger partial charge in [0.05, 0.1) is 35.3 Å². The molecule has 2 aromatic heterocycles. The SMILES string of the molecule is CCOC(=O)N1c2ccc(C(F)(F)F)cc2[C@@H](Nc2nc(C)c(C#N)c(-c3cccc(C#N)n3)n2)C[C@H]1CC. The molecule has 3 aromatic rings. The molecule has 0 saturated carbocycles. The van der Waals surface area contributed by atoms with Crippen molar-refractivity contribution in [3.63, 3.8) is 0 Å². The summed E-state index contributed by atoms with van der Waals surface area (Å²) in [5.41, 5.74) is 0.758. The second-order valence-corrected chi connectivity index (χ2v) is 8.82. The largest absolute Gasteiger partial charge is 0.449 e. The van der Waals surface area contributed by atoms with Crippen molar-refractivity contribution >= 4 is 17.7 Å². The quantitative estimate of drug-likeness (QED) is 0.427. The number of amides is 1. The normalized spacial score (nSPS) is 16.6. The molecule has 0 spiro atoms. The maximum absolute atomic E-state index is 13.7. The number of carbonyl (C=O) groups excluding carboxylic acids is 1. The Balaban J connectivity index is 1.83. The molecule has 1 N–H and O–H groups in total. The molecule has 0 aliphatic carbocycles. The number of hydrogen-bond acceptors (Lipinski definition) is 8. The zero-order chi connectivity index (χ0) is 28.3. The fraction of sp³-hybridized carbons (Fsp3) is 0.333. The van der Waals surface area contributed by atoms with E-state index in [1.54, 1.807) is 26.0 Å². The Labute approximate surface area is 222 Å². The second kappa shape index (κ2) is 11.0. The number of aromatic nitrogens is 3. The summed E-state index contributed by atoms with van der Waals surface area (Å²) in [6, 6.07) is 10.9. The van der Waals surface area contributed by atoms with Crippen LogP contribution in [0.25, 0.3) is 11.4 Å². The number of rotatable bonds is 5. The van der Waals surface area contributed by atoms with E-state index >= 15 is 0 Å². The van der Waals surface area contributed by atoms with Gasteiger partial charge in [0.25, 0.3) is 0 Å². The number of halogens is 3. The van der Waals surface area contributed by atoms with Crippen LogP contribution in [0.15, 0.2) is 36.4 Å². The van der Waals surface area contributed by atoms with Crippen molar-refractivity contribution in [2.24, 2.45) is 0 Å². The van der Waals surface area contributed by atoms with Crippen molar-refractivity contribution in [3.05, 3.63) is 64.5 Å². The van der Waals surface area contributed by atoms with Crippen LogP contribution in [0.5, 0.6) is 0 Å². The average Bonchev–Trinajstić information content (AvgIpc) is 2.91. The molecule has 3 heterocycles. The lowest BCUT2D eigenvalue weighted by molar-refractivity contribution is -0.137. The van der Waals surface area contributed by atoms with Gasteiger partial charge in [-0.3, -0.25) is 4.90 Å². The van der Waals surface area contributed by atoms with E-state index in [0.29, 0.717) is 17.8 Å². The highest BCUT2D eigenvalue weighted by molar-refractivity contribution is 5.90. The highest BCUT2D eigenvalue weighted by atomic mass is 19.4. The number of fused-ring (bicyclic) bond motifs is 1. The molecular formula is C27H24F3N7O2. The zero-order valence-corrected chi connectivity index (χ0v) is 21.4. The van der Waals surface area contributed by atoms with Gasteiger partial charge in [0.2, 0.25) is 5.95 Å². The Kier molecular flexibility index (Phi) is 7.68. The van der Waals surface area contributed by atoms with Gasteiger partial charge in [0.1, 0.15) is 29.1 Å². The van der Waals surface area contributed by atoms with Gasteiger partial charge >= 0.3 is 12.3 Å². The molecule has 1 aliphatic heterocycles. The lowest BCUT2D eigenvalue weighted by Crippen LogP contribution is -2.46. The summed E-state index contributed by atoms with van der Waals surface area (Å²) in [6.07, 6.45) is -4.47. The van der Waals surface area contributed by atoms with Crippen LogP contribution in [-0.2, 0) is 10.9 Å². The molecule has 0 radical (unpaired) electrons. The van der Waals surface area contributed by atoms with E-state index in [0.717, 1.165) is 12.1 Å². The van der Waals surface area contributed by atoms with Gasteiger partial charge < -0.3 is 10.1 Å². The predicted octanol–water partition coefficient (Wildman–Crippen LogP) is 5.91. The van der Waals surface area contributed by atoms with E-state index in [1.807, 2.05) is 13.0 Å². The van der Waals surface area contributed by atoms with Gasteiger partial charge in [0, 0.05) is 6.04 Å². The van der Waals surface area contributed by atoms with E-state index in [2.05, 4.69) is 26.3 Å². The van der Waals surface area contributed by atoms with E-state index in [9.17, 15) is 28.5 Å². The van der Waals surface area contributed by atoms with E-state index in [1.165, 1.54) is 17.0 Å². The number of benzene rings is 1. The van der Waals surface area contributed by atoms with E-state index in [-0.39, 0.29) is 53.2 Å². The minimum absolute atomic E-state index is 0.0680. The van der Waals surface area contributed by atoms with Crippen LogP contribution < -0.4 is 10.2 Å². The number of alkyl halides is 3. The van der Waals surface area contributed by atoms with E-state index in [4.69, 9.17) is 4.74 Å². The maximum Gasteiger partial charge on any atom is 0.416 e. The first-order valence-corrected chi connectivity index (χ1v) is 12.2. The molecule has 1 aromatic carbocycles. The van der Waals surface area contributed by atoms with Gasteiger partial charge in [-0.1, -0.05) is 13.0 Å². The van der Waals surface area contributed by atoms with Gasteiger partial charge in [-0.2, -0.15) is 23.7 Å². The topological polar surface area (TPSA) is 128 Å². The van der Waals surface area contributed by atoms with Crippen LogP contribution in [-0.4, -0.2) is 33.7 Å². The Hall–Kier alpha value is -4.71. The van der Waals surface area contributed by atoms with Gasteiger partial charge in [-0.05, 0) is 62.6 Å². The Bertz CT molecular complexity index is 1490. The Morgan fingerprint density at radius 2 is 1.92 bits per heavy atom. The summed E-state index contributed by atoms with van der Waals surface area (Å²) in [5.74, 6) is 0.0680. The lowest BCUT2D eigenvalue weighted by atomic mass is 9.89. The summed E-state index contributed by atoms with van der Waals surface area (Å²) < 4.78 is 46.2.